The number of pyridine rings is 1. The minimum Gasteiger partial charge on any atom is -0.375 e. The molecular weight excluding hydrogens is 577 g/mol. The Balaban J connectivity index is 1.27. The predicted octanol–water partition coefficient (Wildman–Crippen LogP) is 7.96. The molecule has 0 spiro atoms. The number of nitrogens with zero attached hydrogens (tertiary/aromatic N) is 3. The summed E-state index contributed by atoms with van der Waals surface area (Å²) in [6, 6.07) is 22.0. The van der Waals surface area contributed by atoms with Crippen molar-refractivity contribution in [2.45, 2.75) is 40.2 Å². The fourth-order valence-corrected chi connectivity index (χ4v) is 6.66. The van der Waals surface area contributed by atoms with Gasteiger partial charge in [0.1, 0.15) is 6.54 Å². The Labute approximate surface area is 275 Å². The molecule has 0 saturated carbocycles. The van der Waals surface area contributed by atoms with Crippen molar-refractivity contribution < 1.29 is 9.88 Å². The molecule has 2 aromatic carbocycles. The highest BCUT2D eigenvalue weighted by molar-refractivity contribution is 8.76. The third-order valence-corrected chi connectivity index (χ3v) is 9.98. The van der Waals surface area contributed by atoms with E-state index in [1.165, 1.54) is 58.0 Å². The summed E-state index contributed by atoms with van der Waals surface area (Å²) in [4.78, 5) is 4.72. The maximum absolute atomic E-state index is 2.36. The van der Waals surface area contributed by atoms with Gasteiger partial charge in [0.25, 0.3) is 0 Å². The molecular formula is C38H52N4S2+2. The van der Waals surface area contributed by atoms with E-state index in [0.29, 0.717) is 0 Å². The maximum atomic E-state index is 2.36. The Bertz CT molecular complexity index is 1330. The summed E-state index contributed by atoms with van der Waals surface area (Å²) in [6.07, 6.45) is 21.8. The zero-order valence-corrected chi connectivity index (χ0v) is 29.0. The van der Waals surface area contributed by atoms with Gasteiger partial charge in [-0.1, -0.05) is 76.2 Å². The summed E-state index contributed by atoms with van der Waals surface area (Å²) in [5.41, 5.74) is 7.45. The Morgan fingerprint density at radius 3 is 1.68 bits per heavy atom. The van der Waals surface area contributed by atoms with Crippen LogP contribution in [0.5, 0.6) is 0 Å². The van der Waals surface area contributed by atoms with E-state index in [1.54, 1.807) is 0 Å². The van der Waals surface area contributed by atoms with Crippen LogP contribution in [0.15, 0.2) is 103 Å². The molecule has 234 valence electrons. The third-order valence-electron chi connectivity index (χ3n) is 7.41. The van der Waals surface area contributed by atoms with E-state index in [0.717, 1.165) is 26.2 Å². The van der Waals surface area contributed by atoms with Crippen molar-refractivity contribution in [2.75, 3.05) is 55.0 Å². The molecule has 0 bridgehead atoms. The Hall–Kier alpha value is -3.19. The van der Waals surface area contributed by atoms with Crippen LogP contribution in [0.25, 0.3) is 18.2 Å². The van der Waals surface area contributed by atoms with E-state index in [-0.39, 0.29) is 0 Å². The molecule has 6 heteroatoms. The van der Waals surface area contributed by atoms with Gasteiger partial charge in [-0.25, -0.2) is 4.57 Å². The largest absolute Gasteiger partial charge is 0.375 e. The smallest absolute Gasteiger partial charge is 0.169 e. The Morgan fingerprint density at radius 2 is 1.20 bits per heavy atom. The second-order valence-electron chi connectivity index (χ2n) is 10.8. The number of allylic oxidation sites excluding steroid dienone is 4. The summed E-state index contributed by atoms with van der Waals surface area (Å²) in [6.45, 7) is 10.6. The topological polar surface area (TPSA) is 27.0 Å². The minimum atomic E-state index is 0.999. The standard InChI is InChI=1S/C38H51N4S2/c1-6-33(23-26-39-7-2)11-12-34-15-19-37(20-16-34)40(4)27-9-31-43-44-32-10-28-41(5)38-21-17-35(18-22-38)13-14-36-24-29-42(8-3)30-25-36/h6,11-26,29-30,39H,7-10,27-28,31-32H2,1-5H3/q+1/p+1/b12-11+,26-23-,33-6-. The van der Waals surface area contributed by atoms with Crippen molar-refractivity contribution in [3.8, 4) is 0 Å². The number of hydrogen-bond acceptors (Lipinski definition) is 4. The molecule has 0 unspecified atom stereocenters. The molecule has 4 nitrogen and oxygen atoms in total. The molecule has 3 aromatic rings. The second kappa shape index (κ2) is 20.7. The zero-order chi connectivity index (χ0) is 31.4. The highest BCUT2D eigenvalue weighted by atomic mass is 33.1. The summed E-state index contributed by atoms with van der Waals surface area (Å²) >= 11 is 0. The quantitative estimate of drug-likeness (QED) is 0.0631. The van der Waals surface area contributed by atoms with Crippen molar-refractivity contribution >= 4 is 51.2 Å². The van der Waals surface area contributed by atoms with Crippen LogP contribution in [-0.4, -0.2) is 45.2 Å². The SMILES string of the molecule is C/C=C(\C=C/[NH2+]CC)/C=C/c1ccc(N(C)CCCSSCCCN(C)c2ccc(/C=C/c3cc[n+](CC)cc3)cc2)cc1. The first-order valence-corrected chi connectivity index (χ1v) is 18.4. The van der Waals surface area contributed by atoms with Crippen molar-refractivity contribution in [1.29, 1.82) is 0 Å². The molecule has 0 aliphatic rings. The van der Waals surface area contributed by atoms with Gasteiger partial charge in [0, 0.05) is 62.2 Å². The van der Waals surface area contributed by atoms with Crippen LogP contribution < -0.4 is 19.7 Å². The average Bonchev–Trinajstić information content (AvgIpc) is 3.07. The normalized spacial score (nSPS) is 12.2. The number of nitrogens with two attached hydrogens (primary N) is 1. The van der Waals surface area contributed by atoms with Crippen LogP contribution in [0.3, 0.4) is 0 Å². The van der Waals surface area contributed by atoms with Gasteiger partial charge in [-0.05, 0) is 86.2 Å². The van der Waals surface area contributed by atoms with Crippen LogP contribution in [-0.2, 0) is 6.54 Å². The molecule has 3 rings (SSSR count). The Morgan fingerprint density at radius 1 is 0.705 bits per heavy atom. The minimum absolute atomic E-state index is 0.999. The monoisotopic (exact) mass is 628 g/mol. The van der Waals surface area contributed by atoms with Crippen molar-refractivity contribution in [3.63, 3.8) is 0 Å². The molecule has 2 N–H and O–H groups in total. The third kappa shape index (κ3) is 13.2. The number of aromatic nitrogens is 1. The van der Waals surface area contributed by atoms with Gasteiger partial charge in [0.2, 0.25) is 0 Å². The zero-order valence-electron chi connectivity index (χ0n) is 27.4. The highest BCUT2D eigenvalue weighted by Crippen LogP contribution is 2.24. The molecule has 44 heavy (non-hydrogen) atoms. The Kier molecular flexibility index (Phi) is 16.6. The number of quaternary nitrogens is 1. The summed E-state index contributed by atoms with van der Waals surface area (Å²) in [5.74, 6) is 2.36. The van der Waals surface area contributed by atoms with E-state index in [1.807, 2.05) is 21.6 Å². The number of rotatable bonds is 19. The maximum Gasteiger partial charge on any atom is 0.169 e. The predicted molar refractivity (Wildman–Crippen MR) is 199 cm³/mol. The average molecular weight is 629 g/mol. The molecule has 0 radical (unpaired) electrons. The van der Waals surface area contributed by atoms with E-state index >= 15 is 0 Å². The van der Waals surface area contributed by atoms with Crippen molar-refractivity contribution in [2.24, 2.45) is 0 Å². The lowest BCUT2D eigenvalue weighted by Gasteiger charge is -2.20. The number of anilines is 2. The van der Waals surface area contributed by atoms with Gasteiger partial charge in [0.15, 0.2) is 12.4 Å². The van der Waals surface area contributed by atoms with Gasteiger partial charge >= 0.3 is 0 Å². The van der Waals surface area contributed by atoms with E-state index in [9.17, 15) is 0 Å². The fourth-order valence-electron chi connectivity index (χ4n) is 4.52. The van der Waals surface area contributed by atoms with Gasteiger partial charge in [-0.15, -0.1) is 0 Å². The first-order valence-electron chi connectivity index (χ1n) is 15.9. The number of aryl methyl sites for hydroxylation is 1. The van der Waals surface area contributed by atoms with Gasteiger partial charge in [-0.2, -0.15) is 0 Å². The van der Waals surface area contributed by atoms with Crippen LogP contribution in [0, 0.1) is 0 Å². The summed E-state index contributed by atoms with van der Waals surface area (Å²) in [7, 11) is 8.40. The molecule has 1 heterocycles. The van der Waals surface area contributed by atoms with Gasteiger partial charge < -0.3 is 15.1 Å². The second-order valence-corrected chi connectivity index (χ2v) is 13.5. The fraction of sp³-hybridized carbons (Fsp3) is 0.342. The molecule has 0 amide bonds. The first kappa shape index (κ1) is 35.3. The number of hydrogen-bond donors (Lipinski definition) is 1. The molecule has 0 aliphatic heterocycles. The molecule has 0 fully saturated rings. The van der Waals surface area contributed by atoms with E-state index < -0.39 is 0 Å². The molecule has 0 saturated heterocycles. The molecule has 0 atom stereocenters. The van der Waals surface area contributed by atoms with Crippen LogP contribution in [0.4, 0.5) is 11.4 Å². The number of benzene rings is 2. The van der Waals surface area contributed by atoms with Gasteiger partial charge in [-0.3, -0.25) is 0 Å². The van der Waals surface area contributed by atoms with Crippen LogP contribution >= 0.6 is 21.6 Å². The summed E-state index contributed by atoms with van der Waals surface area (Å²) in [5, 5.41) is 2.17. The van der Waals surface area contributed by atoms with Gasteiger partial charge in [0.05, 0.1) is 12.7 Å². The lowest BCUT2D eigenvalue weighted by molar-refractivity contribution is -0.693. The lowest BCUT2D eigenvalue weighted by Crippen LogP contribution is -2.77. The first-order chi connectivity index (χ1) is 21.5. The molecule has 1 aromatic heterocycles. The highest BCUT2D eigenvalue weighted by Gasteiger charge is 2.03. The summed E-state index contributed by atoms with van der Waals surface area (Å²) < 4.78 is 2.17. The van der Waals surface area contributed by atoms with Crippen molar-refractivity contribution in [1.82, 2.24) is 0 Å². The van der Waals surface area contributed by atoms with Crippen LogP contribution in [0.2, 0.25) is 0 Å². The molecule has 0 aliphatic carbocycles. The van der Waals surface area contributed by atoms with Crippen molar-refractivity contribution in [3.05, 3.63) is 120 Å². The van der Waals surface area contributed by atoms with E-state index in [2.05, 4.69) is 170 Å². The lowest BCUT2D eigenvalue weighted by atomic mass is 10.1. The van der Waals surface area contributed by atoms with Crippen LogP contribution in [0.1, 0.15) is 50.3 Å². The van der Waals surface area contributed by atoms with E-state index in [4.69, 9.17) is 0 Å².